The topological polar surface area (TPSA) is 118 Å². The fraction of sp³-hybridized carbons (Fsp3) is 0.290. The van der Waals surface area contributed by atoms with Crippen LogP contribution in [0, 0.1) is 0 Å². The molecular weight excluding hydrogens is 538 g/mol. The summed E-state index contributed by atoms with van der Waals surface area (Å²) in [6, 6.07) is 12.9. The monoisotopic (exact) mass is 571 g/mol. The van der Waals surface area contributed by atoms with Crippen molar-refractivity contribution in [2.45, 2.75) is 26.7 Å². The van der Waals surface area contributed by atoms with Crippen LogP contribution in [0.3, 0.4) is 0 Å². The molecule has 42 heavy (non-hydrogen) atoms. The third kappa shape index (κ3) is 5.45. The molecule has 4 aromatic heterocycles. The molecular formula is C31H33N5O6. The number of ketones is 1. The molecule has 0 unspecified atom stereocenters. The number of benzene rings is 1. The van der Waals surface area contributed by atoms with Gasteiger partial charge in [-0.15, -0.1) is 0 Å². The standard InChI is InChI=1S/C31H33N5O6/c1-6-15-42-22-12-14-35-23(17-22)27(34-29(35)19(2)37)28-30(36-18-21(31(38)41-5)8-10-26(36)33-28)32-13-11-20-7-9-24(39-3)25(16-20)40-4/h7-10,12,14,16-18,32H,6,11,13,15H2,1-5H3. The number of esters is 1. The number of rotatable bonds is 12. The summed E-state index contributed by atoms with van der Waals surface area (Å²) in [4.78, 5) is 34.6. The van der Waals surface area contributed by atoms with Gasteiger partial charge in [0.2, 0.25) is 0 Å². The van der Waals surface area contributed by atoms with Crippen molar-refractivity contribution in [3.8, 4) is 28.6 Å². The quantitative estimate of drug-likeness (QED) is 0.161. The second kappa shape index (κ2) is 12.2. The van der Waals surface area contributed by atoms with Crippen LogP contribution in [0.15, 0.2) is 54.9 Å². The number of nitrogens with zero attached hydrogens (tertiary/aromatic N) is 4. The molecule has 4 heterocycles. The smallest absolute Gasteiger partial charge is 0.339 e. The lowest BCUT2D eigenvalue weighted by Crippen LogP contribution is -2.09. The van der Waals surface area contributed by atoms with Crippen molar-refractivity contribution >= 4 is 28.7 Å². The van der Waals surface area contributed by atoms with Crippen molar-refractivity contribution in [2.24, 2.45) is 0 Å². The maximum absolute atomic E-state index is 12.6. The molecule has 0 saturated carbocycles. The number of nitrogens with one attached hydrogen (secondary N) is 1. The highest BCUT2D eigenvalue weighted by molar-refractivity contribution is 5.96. The fourth-order valence-electron chi connectivity index (χ4n) is 4.78. The summed E-state index contributed by atoms with van der Waals surface area (Å²) in [6.07, 6.45) is 4.97. The number of methoxy groups -OCH3 is 3. The molecule has 0 bridgehead atoms. The van der Waals surface area contributed by atoms with Gasteiger partial charge in [0.1, 0.15) is 28.6 Å². The molecule has 1 N–H and O–H groups in total. The molecule has 11 heteroatoms. The Bertz CT molecular complexity index is 1770. The highest BCUT2D eigenvalue weighted by Crippen LogP contribution is 2.34. The average molecular weight is 572 g/mol. The molecule has 0 aliphatic carbocycles. The van der Waals surface area contributed by atoms with E-state index in [0.717, 1.165) is 12.0 Å². The normalized spacial score (nSPS) is 11.1. The number of imidazole rings is 2. The van der Waals surface area contributed by atoms with E-state index in [0.29, 0.717) is 70.8 Å². The van der Waals surface area contributed by atoms with Crippen molar-refractivity contribution < 1.29 is 28.5 Å². The predicted octanol–water partition coefficient (Wildman–Crippen LogP) is 5.10. The zero-order valence-corrected chi connectivity index (χ0v) is 24.3. The molecule has 5 aromatic rings. The summed E-state index contributed by atoms with van der Waals surface area (Å²) in [5.74, 6) is 2.22. The van der Waals surface area contributed by atoms with Crippen molar-refractivity contribution in [3.05, 3.63) is 71.8 Å². The first-order valence-corrected chi connectivity index (χ1v) is 13.6. The van der Waals surface area contributed by atoms with Gasteiger partial charge >= 0.3 is 5.97 Å². The second-order valence-corrected chi connectivity index (χ2v) is 9.62. The van der Waals surface area contributed by atoms with Gasteiger partial charge in [0.15, 0.2) is 23.1 Å². The van der Waals surface area contributed by atoms with Crippen LogP contribution in [0.2, 0.25) is 0 Å². The summed E-state index contributed by atoms with van der Waals surface area (Å²) in [7, 11) is 4.55. The van der Waals surface area contributed by atoms with E-state index in [9.17, 15) is 9.59 Å². The number of hydrogen-bond acceptors (Lipinski definition) is 9. The average Bonchev–Trinajstić information content (AvgIpc) is 3.57. The van der Waals surface area contributed by atoms with E-state index in [1.165, 1.54) is 14.0 Å². The zero-order valence-electron chi connectivity index (χ0n) is 24.3. The Kier molecular flexibility index (Phi) is 8.28. The van der Waals surface area contributed by atoms with Crippen molar-refractivity contribution in [1.82, 2.24) is 18.8 Å². The van der Waals surface area contributed by atoms with E-state index in [2.05, 4.69) is 5.32 Å². The van der Waals surface area contributed by atoms with Crippen LogP contribution in [-0.4, -0.2) is 65.0 Å². The summed E-state index contributed by atoms with van der Waals surface area (Å²) >= 11 is 0. The SMILES string of the molecule is CCCOc1ccn2c(C(C)=O)nc(-c3nc4ccc(C(=O)OC)cn4c3NCCc3ccc(OC)c(OC)c3)c2c1. The summed E-state index contributed by atoms with van der Waals surface area (Å²) in [5.41, 5.74) is 3.71. The van der Waals surface area contributed by atoms with Crippen LogP contribution in [0.5, 0.6) is 17.2 Å². The molecule has 0 aliphatic heterocycles. The molecule has 0 spiro atoms. The van der Waals surface area contributed by atoms with Gasteiger partial charge in [-0.1, -0.05) is 13.0 Å². The first-order chi connectivity index (χ1) is 20.4. The Hall–Kier alpha value is -5.06. The van der Waals surface area contributed by atoms with Crippen molar-refractivity contribution in [2.75, 3.05) is 39.8 Å². The molecule has 0 radical (unpaired) electrons. The lowest BCUT2D eigenvalue weighted by molar-refractivity contribution is 0.0600. The van der Waals surface area contributed by atoms with Crippen molar-refractivity contribution in [1.29, 1.82) is 0 Å². The number of Topliss-reactive ketones (excluding diaryl/α,β-unsaturated/α-hetero) is 1. The highest BCUT2D eigenvalue weighted by atomic mass is 16.5. The van der Waals surface area contributed by atoms with Gasteiger partial charge in [0.05, 0.1) is 39.0 Å². The molecule has 11 nitrogen and oxygen atoms in total. The molecule has 218 valence electrons. The molecule has 0 saturated heterocycles. The van der Waals surface area contributed by atoms with E-state index >= 15 is 0 Å². The Labute approximate surface area is 243 Å². The third-order valence-corrected chi connectivity index (χ3v) is 6.82. The van der Waals surface area contributed by atoms with Gasteiger partial charge in [-0.05, 0) is 48.7 Å². The van der Waals surface area contributed by atoms with Crippen LogP contribution >= 0.6 is 0 Å². The zero-order chi connectivity index (χ0) is 29.8. The Morgan fingerprint density at radius 2 is 1.74 bits per heavy atom. The Morgan fingerprint density at radius 3 is 2.45 bits per heavy atom. The van der Waals surface area contributed by atoms with Crippen LogP contribution in [0.25, 0.3) is 22.6 Å². The molecule has 0 fully saturated rings. The second-order valence-electron chi connectivity index (χ2n) is 9.62. The maximum atomic E-state index is 12.6. The van der Waals surface area contributed by atoms with Gasteiger partial charge in [0, 0.05) is 31.9 Å². The van der Waals surface area contributed by atoms with E-state index in [1.807, 2.05) is 37.3 Å². The Morgan fingerprint density at radius 1 is 0.929 bits per heavy atom. The van der Waals surface area contributed by atoms with Crippen LogP contribution in [-0.2, 0) is 11.2 Å². The predicted molar refractivity (Wildman–Crippen MR) is 158 cm³/mol. The number of aromatic nitrogens is 4. The van der Waals surface area contributed by atoms with Gasteiger partial charge in [0.25, 0.3) is 0 Å². The minimum atomic E-state index is -0.465. The molecule has 0 amide bonds. The largest absolute Gasteiger partial charge is 0.493 e. The highest BCUT2D eigenvalue weighted by Gasteiger charge is 2.23. The van der Waals surface area contributed by atoms with E-state index in [1.54, 1.807) is 47.5 Å². The summed E-state index contributed by atoms with van der Waals surface area (Å²) in [6.45, 7) is 4.60. The van der Waals surface area contributed by atoms with Gasteiger partial charge in [-0.2, -0.15) is 0 Å². The number of ether oxygens (including phenoxy) is 4. The Balaban J connectivity index is 1.61. The molecule has 1 aromatic carbocycles. The third-order valence-electron chi connectivity index (χ3n) is 6.82. The lowest BCUT2D eigenvalue weighted by Gasteiger charge is -2.11. The van der Waals surface area contributed by atoms with Crippen LogP contribution in [0.4, 0.5) is 5.82 Å². The number of pyridine rings is 2. The summed E-state index contributed by atoms with van der Waals surface area (Å²) in [5, 5.41) is 3.50. The number of carbonyl (C=O) groups excluding carboxylic acids is 2. The number of carbonyl (C=O) groups is 2. The van der Waals surface area contributed by atoms with Gasteiger partial charge in [-0.25, -0.2) is 14.8 Å². The fourth-order valence-corrected chi connectivity index (χ4v) is 4.78. The molecule has 0 aliphatic rings. The number of hydrogen-bond donors (Lipinski definition) is 1. The van der Waals surface area contributed by atoms with Gasteiger partial charge < -0.3 is 24.3 Å². The van der Waals surface area contributed by atoms with Crippen LogP contribution < -0.4 is 19.5 Å². The minimum Gasteiger partial charge on any atom is -0.493 e. The first-order valence-electron chi connectivity index (χ1n) is 13.6. The van der Waals surface area contributed by atoms with Gasteiger partial charge in [-0.3, -0.25) is 13.6 Å². The maximum Gasteiger partial charge on any atom is 0.339 e. The first kappa shape index (κ1) is 28.5. The number of anilines is 1. The lowest BCUT2D eigenvalue weighted by atomic mass is 10.1. The summed E-state index contributed by atoms with van der Waals surface area (Å²) < 4.78 is 25.2. The van der Waals surface area contributed by atoms with Crippen LogP contribution in [0.1, 0.15) is 46.8 Å². The van der Waals surface area contributed by atoms with E-state index in [-0.39, 0.29) is 11.6 Å². The minimum absolute atomic E-state index is 0.182. The van der Waals surface area contributed by atoms with Crippen molar-refractivity contribution in [3.63, 3.8) is 0 Å². The van der Waals surface area contributed by atoms with E-state index < -0.39 is 5.97 Å². The number of fused-ring (bicyclic) bond motifs is 2. The van der Waals surface area contributed by atoms with E-state index in [4.69, 9.17) is 28.9 Å². The molecule has 5 rings (SSSR count). The molecule has 0 atom stereocenters.